The topological polar surface area (TPSA) is 62.7 Å². The van der Waals surface area contributed by atoms with Gasteiger partial charge in [0.1, 0.15) is 11.5 Å². The van der Waals surface area contributed by atoms with Gasteiger partial charge in [-0.2, -0.15) is 4.31 Å². The van der Waals surface area contributed by atoms with Crippen LogP contribution in [0.5, 0.6) is 5.75 Å². The van der Waals surface area contributed by atoms with Gasteiger partial charge in [0.2, 0.25) is 10.0 Å². The molecule has 1 aliphatic heterocycles. The molecule has 2 aromatic rings. The summed E-state index contributed by atoms with van der Waals surface area (Å²) in [4.78, 5) is 6.24. The lowest BCUT2D eigenvalue weighted by atomic mass is 10.2. The highest BCUT2D eigenvalue weighted by Gasteiger charge is 2.31. The number of hydrogen-bond acceptors (Lipinski definition) is 5. The zero-order chi connectivity index (χ0) is 17.9. The summed E-state index contributed by atoms with van der Waals surface area (Å²) in [6.45, 7) is 2.63. The van der Waals surface area contributed by atoms with Crippen molar-refractivity contribution in [3.8, 4) is 5.75 Å². The summed E-state index contributed by atoms with van der Waals surface area (Å²) >= 11 is 3.37. The van der Waals surface area contributed by atoms with Crippen LogP contribution in [0.2, 0.25) is 0 Å². The lowest BCUT2D eigenvalue weighted by Gasteiger charge is -2.31. The highest BCUT2D eigenvalue weighted by Crippen LogP contribution is 2.34. The Hall–Kier alpha value is -1.48. The highest BCUT2D eigenvalue weighted by molar-refractivity contribution is 9.10. The molecule has 6 nitrogen and oxygen atoms in total. The van der Waals surface area contributed by atoms with Crippen LogP contribution >= 0.6 is 15.9 Å². The zero-order valence-electron chi connectivity index (χ0n) is 13.9. The molecule has 1 aromatic heterocycles. The van der Waals surface area contributed by atoms with Gasteiger partial charge in [-0.1, -0.05) is 30.3 Å². The van der Waals surface area contributed by atoms with Gasteiger partial charge in [-0.05, 0) is 28.5 Å². The van der Waals surface area contributed by atoms with Crippen molar-refractivity contribution in [2.75, 3.05) is 33.2 Å². The predicted octanol–water partition coefficient (Wildman–Crippen LogP) is 2.36. The van der Waals surface area contributed by atoms with Crippen molar-refractivity contribution in [3.05, 3.63) is 52.8 Å². The Morgan fingerprint density at radius 1 is 1.12 bits per heavy atom. The van der Waals surface area contributed by atoms with Gasteiger partial charge in [-0.15, -0.1) is 0 Å². The summed E-state index contributed by atoms with van der Waals surface area (Å²) in [7, 11) is -1.67. The van der Waals surface area contributed by atoms with E-state index < -0.39 is 10.0 Å². The van der Waals surface area contributed by atoms with Gasteiger partial charge in [0.15, 0.2) is 5.75 Å². The molecule has 1 aliphatic rings. The number of benzene rings is 1. The van der Waals surface area contributed by atoms with E-state index >= 15 is 0 Å². The number of sulfonamides is 1. The lowest BCUT2D eigenvalue weighted by molar-refractivity contribution is 0.221. The van der Waals surface area contributed by atoms with E-state index in [2.05, 4.69) is 25.8 Å². The third-order valence-electron chi connectivity index (χ3n) is 4.13. The Balaban J connectivity index is 1.87. The number of rotatable bonds is 5. The minimum atomic E-state index is -3.65. The minimum Gasteiger partial charge on any atom is -0.486 e. The van der Waals surface area contributed by atoms with Gasteiger partial charge in [0, 0.05) is 32.4 Å². The van der Waals surface area contributed by atoms with E-state index in [4.69, 9.17) is 4.74 Å². The molecule has 0 radical (unpaired) electrons. The number of ether oxygens (including phenoxy) is 1. The maximum absolute atomic E-state index is 13.0. The molecular weight excluding hydrogens is 406 g/mol. The second kappa shape index (κ2) is 7.82. The first-order chi connectivity index (χ1) is 12.0. The van der Waals surface area contributed by atoms with E-state index in [9.17, 15) is 8.42 Å². The van der Waals surface area contributed by atoms with E-state index in [0.717, 1.165) is 5.56 Å². The molecule has 134 valence electrons. The molecule has 1 saturated heterocycles. The van der Waals surface area contributed by atoms with Crippen molar-refractivity contribution < 1.29 is 13.2 Å². The molecule has 0 bridgehead atoms. The fourth-order valence-electron chi connectivity index (χ4n) is 2.63. The molecule has 2 heterocycles. The van der Waals surface area contributed by atoms with Crippen molar-refractivity contribution in [2.45, 2.75) is 11.5 Å². The Morgan fingerprint density at radius 2 is 1.80 bits per heavy atom. The summed E-state index contributed by atoms with van der Waals surface area (Å²) in [5, 5.41) is 0. The predicted molar refractivity (Wildman–Crippen MR) is 99.0 cm³/mol. The molecule has 0 amide bonds. The van der Waals surface area contributed by atoms with Crippen LogP contribution in [0.4, 0.5) is 0 Å². The molecule has 0 saturated carbocycles. The fourth-order valence-corrected chi connectivity index (χ4v) is 4.72. The second-order valence-electron chi connectivity index (χ2n) is 5.93. The van der Waals surface area contributed by atoms with Crippen molar-refractivity contribution in [1.82, 2.24) is 14.2 Å². The van der Waals surface area contributed by atoms with E-state index in [1.165, 1.54) is 10.5 Å². The van der Waals surface area contributed by atoms with Gasteiger partial charge >= 0.3 is 0 Å². The second-order valence-corrected chi connectivity index (χ2v) is 8.69. The molecule has 1 aromatic carbocycles. The van der Waals surface area contributed by atoms with Crippen LogP contribution < -0.4 is 4.74 Å². The summed E-state index contributed by atoms with van der Waals surface area (Å²) in [6, 6.07) is 9.63. The molecular formula is C17H20BrN3O3S. The largest absolute Gasteiger partial charge is 0.486 e. The highest BCUT2D eigenvalue weighted by atomic mass is 79.9. The lowest BCUT2D eigenvalue weighted by Crippen LogP contribution is -2.47. The van der Waals surface area contributed by atoms with Crippen molar-refractivity contribution in [3.63, 3.8) is 0 Å². The molecule has 0 unspecified atom stereocenters. The first-order valence-corrected chi connectivity index (χ1v) is 10.2. The first-order valence-electron chi connectivity index (χ1n) is 7.97. The van der Waals surface area contributed by atoms with Gasteiger partial charge in [-0.3, -0.25) is 4.98 Å². The van der Waals surface area contributed by atoms with E-state index in [-0.39, 0.29) is 11.5 Å². The number of aromatic nitrogens is 1. The smallest absolute Gasteiger partial charge is 0.248 e. The summed E-state index contributed by atoms with van der Waals surface area (Å²) in [5.74, 6) is 0.304. The molecule has 1 fully saturated rings. The van der Waals surface area contributed by atoms with Gasteiger partial charge in [0.25, 0.3) is 0 Å². The van der Waals surface area contributed by atoms with Gasteiger partial charge in [-0.25, -0.2) is 8.42 Å². The number of hydrogen-bond donors (Lipinski definition) is 0. The average molecular weight is 426 g/mol. The molecule has 25 heavy (non-hydrogen) atoms. The number of pyridine rings is 1. The summed E-state index contributed by atoms with van der Waals surface area (Å²) in [5.41, 5.74) is 0.967. The molecule has 0 aliphatic carbocycles. The first kappa shape index (κ1) is 18.3. The summed E-state index contributed by atoms with van der Waals surface area (Å²) < 4.78 is 34.0. The van der Waals surface area contributed by atoms with Crippen LogP contribution in [0.1, 0.15) is 5.56 Å². The van der Waals surface area contributed by atoms with Gasteiger partial charge < -0.3 is 9.64 Å². The van der Waals surface area contributed by atoms with Crippen LogP contribution in [0.15, 0.2) is 52.1 Å². The normalized spacial score (nSPS) is 16.7. The number of nitrogens with zero attached hydrogens (tertiary/aromatic N) is 3. The molecule has 8 heteroatoms. The van der Waals surface area contributed by atoms with Gasteiger partial charge in [0.05, 0.1) is 10.7 Å². The molecule has 3 rings (SSSR count). The van der Waals surface area contributed by atoms with Crippen molar-refractivity contribution in [2.24, 2.45) is 0 Å². The molecule has 0 spiro atoms. The third kappa shape index (κ3) is 4.20. The molecule has 0 N–H and O–H groups in total. The minimum absolute atomic E-state index is 0.0994. The Kier molecular flexibility index (Phi) is 5.73. The molecule has 0 atom stereocenters. The number of piperazine rings is 1. The van der Waals surface area contributed by atoms with Crippen LogP contribution in [-0.4, -0.2) is 55.8 Å². The SMILES string of the molecule is CN1CCN(S(=O)(=O)c2cncc(Br)c2OCc2ccccc2)CC1. The number of halogens is 1. The Bertz CT molecular complexity index is 822. The fraction of sp³-hybridized carbons (Fsp3) is 0.353. The summed E-state index contributed by atoms with van der Waals surface area (Å²) in [6.07, 6.45) is 2.90. The van der Waals surface area contributed by atoms with Crippen molar-refractivity contribution in [1.29, 1.82) is 0 Å². The van der Waals surface area contributed by atoms with E-state index in [1.54, 1.807) is 6.20 Å². The van der Waals surface area contributed by atoms with Crippen LogP contribution in [0.25, 0.3) is 0 Å². The Labute approximate surface area is 156 Å². The monoisotopic (exact) mass is 425 g/mol. The Morgan fingerprint density at radius 3 is 2.48 bits per heavy atom. The average Bonchev–Trinajstić information content (AvgIpc) is 2.62. The van der Waals surface area contributed by atoms with E-state index in [1.807, 2.05) is 37.4 Å². The van der Waals surface area contributed by atoms with Crippen LogP contribution in [0.3, 0.4) is 0 Å². The van der Waals surface area contributed by atoms with Crippen molar-refractivity contribution >= 4 is 26.0 Å². The van der Waals surface area contributed by atoms with Crippen LogP contribution in [-0.2, 0) is 16.6 Å². The number of likely N-dealkylation sites (N-methyl/N-ethyl adjacent to an activating group) is 1. The maximum atomic E-state index is 13.0. The maximum Gasteiger partial charge on any atom is 0.248 e. The third-order valence-corrected chi connectivity index (χ3v) is 6.58. The van der Waals surface area contributed by atoms with E-state index in [0.29, 0.717) is 36.4 Å². The zero-order valence-corrected chi connectivity index (χ0v) is 16.3. The standard InChI is InChI=1S/C17H20BrN3O3S/c1-20-7-9-21(10-8-20)25(22,23)16-12-19-11-15(18)17(16)24-13-14-5-3-2-4-6-14/h2-6,11-12H,7-10,13H2,1H3. The quantitative estimate of drug-likeness (QED) is 0.735. The van der Waals surface area contributed by atoms with Crippen LogP contribution in [0, 0.1) is 0 Å².